The number of hydrogen-bond donors (Lipinski definition) is 0. The van der Waals surface area contributed by atoms with Gasteiger partial charge >= 0.3 is 0 Å². The van der Waals surface area contributed by atoms with Crippen LogP contribution >= 0.6 is 15.9 Å². The van der Waals surface area contributed by atoms with E-state index in [-0.39, 0.29) is 0 Å². The van der Waals surface area contributed by atoms with Crippen LogP contribution in [0.3, 0.4) is 0 Å². The molecule has 1 aliphatic carbocycles. The maximum Gasteiger partial charge on any atom is 0.0254 e. The third-order valence-electron chi connectivity index (χ3n) is 3.54. The largest absolute Gasteiger partial charge is 0.292 e. The lowest BCUT2D eigenvalue weighted by Gasteiger charge is -2.34. The third kappa shape index (κ3) is 1.32. The predicted molar refractivity (Wildman–Crippen MR) is 61.0 cm³/mol. The van der Waals surface area contributed by atoms with Crippen LogP contribution in [0.5, 0.6) is 0 Å². The van der Waals surface area contributed by atoms with Gasteiger partial charge in [-0.2, -0.15) is 0 Å². The minimum absolute atomic E-state index is 0.870. The number of halogens is 1. The van der Waals surface area contributed by atoms with Crippen molar-refractivity contribution >= 4 is 15.9 Å². The highest BCUT2D eigenvalue weighted by Gasteiger charge is 2.30. The molecular weight excluding hydrogens is 238 g/mol. The second-order valence-electron chi connectivity index (χ2n) is 4.37. The molecule has 74 valence electrons. The van der Waals surface area contributed by atoms with Crippen molar-refractivity contribution < 1.29 is 0 Å². The zero-order chi connectivity index (χ0) is 9.54. The molecule has 0 aromatic heterocycles. The average molecular weight is 252 g/mol. The Morgan fingerprint density at radius 3 is 2.71 bits per heavy atom. The number of hydrogen-bond acceptors (Lipinski definition) is 1. The molecule has 2 heteroatoms. The first-order chi connectivity index (χ1) is 6.84. The van der Waals surface area contributed by atoms with E-state index in [1.54, 1.807) is 0 Å². The minimum atomic E-state index is 0.870. The Labute approximate surface area is 93.2 Å². The number of rotatable bonds is 1. The second-order valence-corrected chi connectivity index (χ2v) is 5.22. The first-order valence-corrected chi connectivity index (χ1v) is 6.14. The zero-order valence-electron chi connectivity index (χ0n) is 8.17. The van der Waals surface area contributed by atoms with Gasteiger partial charge in [-0.05, 0) is 30.0 Å². The number of benzene rings is 1. The fraction of sp³-hybridized carbons (Fsp3) is 0.500. The summed E-state index contributed by atoms with van der Waals surface area (Å²) in [5.41, 5.74) is 3.03. The second kappa shape index (κ2) is 3.35. The normalized spacial score (nSPS) is 22.1. The molecule has 14 heavy (non-hydrogen) atoms. The molecule has 1 aromatic rings. The van der Waals surface area contributed by atoms with Gasteiger partial charge < -0.3 is 0 Å². The maximum absolute atomic E-state index is 3.64. The SMILES string of the molecule is Brc1cccc2c1CN(C1CCC1)C2. The highest BCUT2D eigenvalue weighted by molar-refractivity contribution is 9.10. The molecule has 1 aromatic carbocycles. The first kappa shape index (κ1) is 8.93. The van der Waals surface area contributed by atoms with Gasteiger partial charge in [0.05, 0.1) is 0 Å². The van der Waals surface area contributed by atoms with Crippen molar-refractivity contribution in [3.63, 3.8) is 0 Å². The highest BCUT2D eigenvalue weighted by Crippen LogP contribution is 2.35. The van der Waals surface area contributed by atoms with Crippen LogP contribution in [0.25, 0.3) is 0 Å². The van der Waals surface area contributed by atoms with E-state index in [9.17, 15) is 0 Å². The molecule has 1 aliphatic heterocycles. The van der Waals surface area contributed by atoms with Crippen molar-refractivity contribution in [2.24, 2.45) is 0 Å². The lowest BCUT2D eigenvalue weighted by molar-refractivity contribution is 0.126. The number of fused-ring (bicyclic) bond motifs is 1. The monoisotopic (exact) mass is 251 g/mol. The van der Waals surface area contributed by atoms with E-state index in [1.165, 1.54) is 41.4 Å². The summed E-state index contributed by atoms with van der Waals surface area (Å²) in [5.74, 6) is 0. The van der Waals surface area contributed by atoms with Crippen LogP contribution in [-0.4, -0.2) is 10.9 Å². The van der Waals surface area contributed by atoms with Crippen LogP contribution in [0.15, 0.2) is 22.7 Å². The van der Waals surface area contributed by atoms with Crippen molar-refractivity contribution in [1.29, 1.82) is 0 Å². The molecule has 0 atom stereocenters. The molecule has 1 saturated carbocycles. The van der Waals surface area contributed by atoms with Crippen LogP contribution in [0.2, 0.25) is 0 Å². The van der Waals surface area contributed by atoms with Gasteiger partial charge in [0.1, 0.15) is 0 Å². The predicted octanol–water partition coefficient (Wildman–Crippen LogP) is 3.32. The Kier molecular flexibility index (Phi) is 2.14. The van der Waals surface area contributed by atoms with Crippen molar-refractivity contribution in [3.8, 4) is 0 Å². The summed E-state index contributed by atoms with van der Waals surface area (Å²) >= 11 is 3.64. The standard InChI is InChI=1S/C12H14BrN/c13-12-6-1-3-9-7-14(8-11(9)12)10-4-2-5-10/h1,3,6,10H,2,4-5,7-8H2. The number of nitrogens with zero attached hydrogens (tertiary/aromatic N) is 1. The van der Waals surface area contributed by atoms with Crippen LogP contribution < -0.4 is 0 Å². The van der Waals surface area contributed by atoms with E-state index in [0.29, 0.717) is 0 Å². The molecule has 1 fully saturated rings. The van der Waals surface area contributed by atoms with Crippen molar-refractivity contribution in [2.75, 3.05) is 0 Å². The molecule has 2 aliphatic rings. The molecule has 1 heterocycles. The van der Waals surface area contributed by atoms with Gasteiger partial charge in [0.2, 0.25) is 0 Å². The maximum atomic E-state index is 3.64. The van der Waals surface area contributed by atoms with Gasteiger partial charge in [-0.3, -0.25) is 4.90 Å². The van der Waals surface area contributed by atoms with Gasteiger partial charge in [-0.25, -0.2) is 0 Å². The summed E-state index contributed by atoms with van der Waals surface area (Å²) in [5, 5.41) is 0. The molecule has 1 nitrogen and oxygen atoms in total. The Bertz CT molecular complexity index is 357. The van der Waals surface area contributed by atoms with E-state index in [1.807, 2.05) is 0 Å². The Balaban J connectivity index is 1.86. The quantitative estimate of drug-likeness (QED) is 0.741. The third-order valence-corrected chi connectivity index (χ3v) is 4.28. The Hall–Kier alpha value is -0.340. The zero-order valence-corrected chi connectivity index (χ0v) is 9.76. The molecule has 3 rings (SSSR count). The van der Waals surface area contributed by atoms with Gasteiger partial charge in [0.15, 0.2) is 0 Å². The van der Waals surface area contributed by atoms with Crippen LogP contribution in [0, 0.1) is 0 Å². The van der Waals surface area contributed by atoms with E-state index >= 15 is 0 Å². The lowest BCUT2D eigenvalue weighted by Crippen LogP contribution is -2.36. The molecule has 0 radical (unpaired) electrons. The minimum Gasteiger partial charge on any atom is -0.292 e. The van der Waals surface area contributed by atoms with Gasteiger partial charge in [-0.15, -0.1) is 0 Å². The van der Waals surface area contributed by atoms with E-state index in [4.69, 9.17) is 0 Å². The first-order valence-electron chi connectivity index (χ1n) is 5.35. The summed E-state index contributed by atoms with van der Waals surface area (Å²) < 4.78 is 1.29. The van der Waals surface area contributed by atoms with Crippen LogP contribution in [0.1, 0.15) is 30.4 Å². The average Bonchev–Trinajstić information content (AvgIpc) is 2.46. The van der Waals surface area contributed by atoms with E-state index in [2.05, 4.69) is 39.0 Å². The molecule has 0 saturated heterocycles. The van der Waals surface area contributed by atoms with Crippen molar-refractivity contribution in [3.05, 3.63) is 33.8 Å². The molecular formula is C12H14BrN. The van der Waals surface area contributed by atoms with Crippen molar-refractivity contribution in [1.82, 2.24) is 4.90 Å². The summed E-state index contributed by atoms with van der Waals surface area (Å²) in [7, 11) is 0. The van der Waals surface area contributed by atoms with Crippen LogP contribution in [0.4, 0.5) is 0 Å². The summed E-state index contributed by atoms with van der Waals surface area (Å²) in [6.07, 6.45) is 4.25. The van der Waals surface area contributed by atoms with Gasteiger partial charge in [0.25, 0.3) is 0 Å². The molecule has 0 bridgehead atoms. The van der Waals surface area contributed by atoms with Crippen molar-refractivity contribution in [2.45, 2.75) is 38.4 Å². The molecule has 0 amide bonds. The smallest absolute Gasteiger partial charge is 0.0254 e. The summed E-state index contributed by atoms with van der Waals surface area (Å²) in [4.78, 5) is 2.62. The molecule has 0 unspecified atom stereocenters. The molecule has 0 N–H and O–H groups in total. The Morgan fingerprint density at radius 2 is 2.07 bits per heavy atom. The summed E-state index contributed by atoms with van der Waals surface area (Å²) in [6.45, 7) is 2.32. The Morgan fingerprint density at radius 1 is 1.21 bits per heavy atom. The lowest BCUT2D eigenvalue weighted by atomic mass is 9.92. The van der Waals surface area contributed by atoms with Crippen LogP contribution in [-0.2, 0) is 13.1 Å². The fourth-order valence-electron chi connectivity index (χ4n) is 2.42. The van der Waals surface area contributed by atoms with E-state index < -0.39 is 0 Å². The topological polar surface area (TPSA) is 3.24 Å². The van der Waals surface area contributed by atoms with Gasteiger partial charge in [0, 0.05) is 23.6 Å². The van der Waals surface area contributed by atoms with Gasteiger partial charge in [-0.1, -0.05) is 34.5 Å². The van der Waals surface area contributed by atoms with E-state index in [0.717, 1.165) is 12.6 Å². The molecule has 0 spiro atoms. The highest BCUT2D eigenvalue weighted by atomic mass is 79.9. The summed E-state index contributed by atoms with van der Waals surface area (Å²) in [6, 6.07) is 7.43. The fourth-order valence-corrected chi connectivity index (χ4v) is 2.95.